The van der Waals surface area contributed by atoms with Crippen molar-refractivity contribution in [2.24, 2.45) is 5.92 Å². The molecule has 2 aliphatic rings. The molecule has 0 amide bonds. The molecule has 8 rings (SSSR count). The number of aromatic nitrogens is 1. The summed E-state index contributed by atoms with van der Waals surface area (Å²) in [5, 5.41) is 2.50. The second-order valence-corrected chi connectivity index (χ2v) is 11.0. The topological polar surface area (TPSA) is 18.1 Å². The molecular weight excluding hydrogens is 474 g/mol. The highest BCUT2D eigenvalue weighted by atomic mass is 16.3. The van der Waals surface area contributed by atoms with Crippen LogP contribution in [-0.2, 0) is 12.8 Å². The van der Waals surface area contributed by atoms with Gasteiger partial charge in [0.2, 0.25) is 0 Å². The van der Waals surface area contributed by atoms with Crippen molar-refractivity contribution < 1.29 is 4.42 Å². The van der Waals surface area contributed by atoms with E-state index in [-0.39, 0.29) is 0 Å². The van der Waals surface area contributed by atoms with E-state index in [2.05, 4.69) is 127 Å². The van der Waals surface area contributed by atoms with Crippen molar-refractivity contribution in [3.63, 3.8) is 0 Å². The number of hydrogen-bond donors (Lipinski definition) is 0. The Hall–Kier alpha value is -4.56. The van der Waals surface area contributed by atoms with Crippen LogP contribution >= 0.6 is 0 Å². The van der Waals surface area contributed by atoms with E-state index in [0.29, 0.717) is 5.92 Å². The van der Waals surface area contributed by atoms with Crippen LogP contribution in [0.1, 0.15) is 35.9 Å². The standard InChI is InChI=1S/C37H29NO/c1-24-16-17-32-34(20-24)38(33-19-18-31-30-14-8-9-15-35(30)39-37(31)36(32)33)29-22-27(25-10-4-2-5-11-25)21-28(23-29)26-12-6-3-7-13-26/h2-7,9-13,15-19,21-24H,8,14,20H2,1H3. The molecule has 1 atom stereocenters. The zero-order valence-electron chi connectivity index (χ0n) is 22.0. The van der Waals surface area contributed by atoms with Crippen molar-refractivity contribution in [2.45, 2.75) is 26.2 Å². The molecule has 0 spiro atoms. The molecule has 2 nitrogen and oxygen atoms in total. The maximum Gasteiger partial charge on any atom is 0.145 e. The van der Waals surface area contributed by atoms with Gasteiger partial charge in [0.25, 0.3) is 0 Å². The predicted molar refractivity (Wildman–Crippen MR) is 163 cm³/mol. The molecule has 0 saturated carbocycles. The van der Waals surface area contributed by atoms with Crippen LogP contribution in [0.4, 0.5) is 0 Å². The van der Waals surface area contributed by atoms with Crippen molar-refractivity contribution in [3.8, 4) is 27.9 Å². The van der Waals surface area contributed by atoms with Gasteiger partial charge in [-0.2, -0.15) is 0 Å². The van der Waals surface area contributed by atoms with Gasteiger partial charge in [0.1, 0.15) is 11.3 Å². The molecule has 2 heteroatoms. The molecule has 1 unspecified atom stereocenters. The van der Waals surface area contributed by atoms with Crippen molar-refractivity contribution in [1.82, 2.24) is 4.57 Å². The van der Waals surface area contributed by atoms with Crippen molar-refractivity contribution in [1.29, 1.82) is 0 Å². The molecule has 188 valence electrons. The second kappa shape index (κ2) is 8.74. The summed E-state index contributed by atoms with van der Waals surface area (Å²) in [6.45, 7) is 2.31. The zero-order chi connectivity index (χ0) is 25.9. The van der Waals surface area contributed by atoms with Crippen molar-refractivity contribution >= 4 is 34.0 Å². The fourth-order valence-corrected chi connectivity index (χ4v) is 6.53. The van der Waals surface area contributed by atoms with Gasteiger partial charge in [-0.1, -0.05) is 85.8 Å². The number of benzene rings is 4. The Labute approximate surface area is 228 Å². The number of nitrogens with zero attached hydrogens (tertiary/aromatic N) is 1. The average molecular weight is 504 g/mol. The maximum absolute atomic E-state index is 6.60. The first-order chi connectivity index (χ1) is 19.2. The van der Waals surface area contributed by atoms with Gasteiger partial charge in [-0.3, -0.25) is 0 Å². The highest BCUT2D eigenvalue weighted by molar-refractivity contribution is 6.11. The van der Waals surface area contributed by atoms with Crippen LogP contribution in [0.15, 0.2) is 108 Å². The minimum atomic E-state index is 0.481. The van der Waals surface area contributed by atoms with Crippen LogP contribution in [0.25, 0.3) is 62.0 Å². The molecule has 4 aromatic carbocycles. The van der Waals surface area contributed by atoms with Crippen molar-refractivity contribution in [3.05, 3.63) is 126 Å². The van der Waals surface area contributed by atoms with Gasteiger partial charge in [-0.05, 0) is 83.8 Å². The predicted octanol–water partition coefficient (Wildman–Crippen LogP) is 9.88. The molecule has 0 aliphatic heterocycles. The molecule has 0 bridgehead atoms. The first-order valence-corrected chi connectivity index (χ1v) is 14.0. The fraction of sp³-hybridized carbons (Fsp3) is 0.135. The lowest BCUT2D eigenvalue weighted by Gasteiger charge is -2.19. The number of aryl methyl sites for hydroxylation is 1. The lowest BCUT2D eigenvalue weighted by atomic mass is 9.93. The number of allylic oxidation sites excluding steroid dienone is 2. The minimum Gasteiger partial charge on any atom is -0.456 e. The fourth-order valence-electron chi connectivity index (χ4n) is 6.53. The van der Waals surface area contributed by atoms with Crippen LogP contribution in [0, 0.1) is 5.92 Å². The first-order valence-electron chi connectivity index (χ1n) is 14.0. The summed E-state index contributed by atoms with van der Waals surface area (Å²) >= 11 is 0. The molecule has 2 aromatic heterocycles. The summed E-state index contributed by atoms with van der Waals surface area (Å²) in [5.74, 6) is 1.51. The Morgan fingerprint density at radius 3 is 2.21 bits per heavy atom. The summed E-state index contributed by atoms with van der Waals surface area (Å²) in [6, 6.07) is 33.1. The van der Waals surface area contributed by atoms with Crippen molar-refractivity contribution in [2.75, 3.05) is 0 Å². The smallest absolute Gasteiger partial charge is 0.145 e. The summed E-state index contributed by atoms with van der Waals surface area (Å²) in [5.41, 5.74) is 12.3. The van der Waals surface area contributed by atoms with Gasteiger partial charge in [-0.15, -0.1) is 0 Å². The van der Waals surface area contributed by atoms with E-state index in [9.17, 15) is 0 Å². The van der Waals surface area contributed by atoms with Gasteiger partial charge in [0.15, 0.2) is 0 Å². The highest BCUT2D eigenvalue weighted by Crippen LogP contribution is 2.43. The molecule has 0 saturated heterocycles. The van der Waals surface area contributed by atoms with Crippen LogP contribution in [0.3, 0.4) is 0 Å². The normalized spacial score (nSPS) is 16.1. The number of rotatable bonds is 3. The van der Waals surface area contributed by atoms with Crippen LogP contribution in [-0.4, -0.2) is 4.57 Å². The third kappa shape index (κ3) is 3.55. The minimum absolute atomic E-state index is 0.481. The van der Waals surface area contributed by atoms with E-state index < -0.39 is 0 Å². The first kappa shape index (κ1) is 22.4. The number of fused-ring (bicyclic) bond motifs is 7. The van der Waals surface area contributed by atoms with Gasteiger partial charge in [0, 0.05) is 27.9 Å². The molecular formula is C37H29NO. The Bertz CT molecular complexity index is 1870. The van der Waals surface area contributed by atoms with Crippen LogP contribution < -0.4 is 0 Å². The molecule has 0 N–H and O–H groups in total. The lowest BCUT2D eigenvalue weighted by Crippen LogP contribution is -2.08. The summed E-state index contributed by atoms with van der Waals surface area (Å²) in [7, 11) is 0. The molecule has 6 aromatic rings. The Kier molecular flexibility index (Phi) is 5.03. The Balaban J connectivity index is 1.45. The summed E-state index contributed by atoms with van der Waals surface area (Å²) in [4.78, 5) is 0. The molecule has 2 aliphatic carbocycles. The van der Waals surface area contributed by atoms with Crippen LogP contribution in [0.2, 0.25) is 0 Å². The maximum atomic E-state index is 6.60. The van der Waals surface area contributed by atoms with Gasteiger partial charge in [-0.25, -0.2) is 0 Å². The molecule has 39 heavy (non-hydrogen) atoms. The monoisotopic (exact) mass is 503 g/mol. The number of furan rings is 1. The van der Waals surface area contributed by atoms with E-state index >= 15 is 0 Å². The van der Waals surface area contributed by atoms with Gasteiger partial charge in [0.05, 0.1) is 10.9 Å². The zero-order valence-corrected chi connectivity index (χ0v) is 22.0. The summed E-state index contributed by atoms with van der Waals surface area (Å²) in [6.07, 6.45) is 12.2. The van der Waals surface area contributed by atoms with E-state index in [1.807, 2.05) is 0 Å². The number of hydrogen-bond acceptors (Lipinski definition) is 1. The van der Waals surface area contributed by atoms with E-state index in [0.717, 1.165) is 30.6 Å². The van der Waals surface area contributed by atoms with E-state index in [1.165, 1.54) is 61.1 Å². The highest BCUT2D eigenvalue weighted by Gasteiger charge is 2.26. The Morgan fingerprint density at radius 2 is 1.49 bits per heavy atom. The van der Waals surface area contributed by atoms with E-state index in [4.69, 9.17) is 4.42 Å². The second-order valence-electron chi connectivity index (χ2n) is 11.0. The molecule has 0 fully saturated rings. The van der Waals surface area contributed by atoms with Gasteiger partial charge < -0.3 is 8.98 Å². The van der Waals surface area contributed by atoms with Gasteiger partial charge >= 0.3 is 0 Å². The molecule has 2 heterocycles. The lowest BCUT2D eigenvalue weighted by molar-refractivity contribution is 0.598. The van der Waals surface area contributed by atoms with E-state index in [1.54, 1.807) is 0 Å². The van der Waals surface area contributed by atoms with Crippen LogP contribution in [0.5, 0.6) is 0 Å². The average Bonchev–Trinajstić information content (AvgIpc) is 3.53. The third-order valence-corrected chi connectivity index (χ3v) is 8.39. The quantitative estimate of drug-likeness (QED) is 0.235. The third-order valence-electron chi connectivity index (χ3n) is 8.39. The summed E-state index contributed by atoms with van der Waals surface area (Å²) < 4.78 is 9.10. The SMILES string of the molecule is CC1C=Cc2c(n(-c3cc(-c4ccccc4)cc(-c4ccccc4)c3)c3ccc4c5c(oc4c23)C=CCC5)C1. The largest absolute Gasteiger partial charge is 0.456 e. The molecule has 0 radical (unpaired) electrons. The Morgan fingerprint density at radius 1 is 0.769 bits per heavy atom.